The number of nitrogens with zero attached hydrogens (tertiary/aromatic N) is 3. The van der Waals surface area contributed by atoms with Crippen molar-refractivity contribution >= 4 is 10.0 Å². The summed E-state index contributed by atoms with van der Waals surface area (Å²) < 4.78 is 28.2. The third-order valence-electron chi connectivity index (χ3n) is 7.41. The van der Waals surface area contributed by atoms with Crippen LogP contribution < -0.4 is 0 Å². The summed E-state index contributed by atoms with van der Waals surface area (Å²) >= 11 is 0. The Morgan fingerprint density at radius 2 is 1.96 bits per heavy atom. The topological polar surface area (TPSA) is 75.4 Å². The number of aliphatic hydroxyl groups is 1. The van der Waals surface area contributed by atoms with Crippen molar-refractivity contribution < 1.29 is 13.5 Å². The Kier molecular flexibility index (Phi) is 4.19. The molecule has 0 radical (unpaired) electrons. The number of rotatable bonds is 3. The lowest BCUT2D eigenvalue weighted by Gasteiger charge is -2.42. The van der Waals surface area contributed by atoms with Crippen LogP contribution in [0.5, 0.6) is 0 Å². The maximum Gasteiger partial charge on any atom is 0.213 e. The lowest BCUT2D eigenvalue weighted by atomic mass is 9.73. The van der Waals surface area contributed by atoms with Gasteiger partial charge in [-0.25, -0.2) is 17.7 Å². The number of benzene rings is 1. The molecule has 1 aromatic carbocycles. The molecule has 150 valence electrons. The first-order valence-electron chi connectivity index (χ1n) is 10.2. The molecule has 6 nitrogen and oxygen atoms in total. The van der Waals surface area contributed by atoms with Gasteiger partial charge in [0, 0.05) is 24.6 Å². The number of aromatic nitrogens is 2. The van der Waals surface area contributed by atoms with Gasteiger partial charge in [0.05, 0.1) is 36.1 Å². The van der Waals surface area contributed by atoms with Crippen molar-refractivity contribution in [3.8, 4) is 11.3 Å². The minimum Gasteiger partial charge on any atom is -0.392 e. The first kappa shape index (κ1) is 18.3. The minimum atomic E-state index is -3.15. The van der Waals surface area contributed by atoms with Crippen LogP contribution in [0.1, 0.15) is 44.2 Å². The van der Waals surface area contributed by atoms with E-state index in [1.54, 1.807) is 11.2 Å². The summed E-state index contributed by atoms with van der Waals surface area (Å²) in [7, 11) is -3.15. The third kappa shape index (κ3) is 2.52. The molecular formula is C21H27N3O3S. The standard InChI is InChI=1S/C21H27N3O3S/c1-2-28(26,27)23-11-9-21(10-12-23)8-7-17(20(21)25)19-16-6-4-3-5-15(16)18-13-22-14-24(18)19/h3-6,13-14,17,19-20,25H,2,7-12H2,1H3/t17-,19-,20+/m0/s1. The Bertz CT molecular complexity index is 992. The number of piperidine rings is 1. The molecule has 3 aliphatic rings. The van der Waals surface area contributed by atoms with Gasteiger partial charge in [0.15, 0.2) is 0 Å². The van der Waals surface area contributed by atoms with Crippen molar-refractivity contribution in [2.24, 2.45) is 11.3 Å². The normalized spacial score (nSPS) is 29.1. The fraction of sp³-hybridized carbons (Fsp3) is 0.571. The molecule has 28 heavy (non-hydrogen) atoms. The zero-order valence-electron chi connectivity index (χ0n) is 16.2. The van der Waals surface area contributed by atoms with Gasteiger partial charge in [-0.1, -0.05) is 24.3 Å². The van der Waals surface area contributed by atoms with Crippen molar-refractivity contribution in [2.45, 2.75) is 44.8 Å². The largest absolute Gasteiger partial charge is 0.392 e. The van der Waals surface area contributed by atoms with E-state index in [2.05, 4.69) is 33.8 Å². The van der Waals surface area contributed by atoms with Crippen molar-refractivity contribution in [3.05, 3.63) is 42.4 Å². The Labute approximate surface area is 166 Å². The summed E-state index contributed by atoms with van der Waals surface area (Å²) in [6, 6.07) is 8.53. The molecule has 1 aliphatic carbocycles. The van der Waals surface area contributed by atoms with Crippen LogP contribution in [0.3, 0.4) is 0 Å². The van der Waals surface area contributed by atoms with Crippen LogP contribution in [-0.4, -0.2) is 52.3 Å². The van der Waals surface area contributed by atoms with Crippen molar-refractivity contribution in [3.63, 3.8) is 0 Å². The number of aliphatic hydroxyl groups excluding tert-OH is 1. The van der Waals surface area contributed by atoms with Gasteiger partial charge < -0.3 is 9.67 Å². The first-order chi connectivity index (χ1) is 13.5. The molecule has 2 aliphatic heterocycles. The molecule has 5 rings (SSSR count). The molecule has 2 fully saturated rings. The van der Waals surface area contributed by atoms with E-state index < -0.39 is 16.1 Å². The number of imidazole rings is 1. The zero-order chi connectivity index (χ0) is 19.5. The van der Waals surface area contributed by atoms with E-state index in [0.717, 1.165) is 31.4 Å². The highest BCUT2D eigenvalue weighted by Crippen LogP contribution is 2.55. The monoisotopic (exact) mass is 401 g/mol. The predicted molar refractivity (Wildman–Crippen MR) is 107 cm³/mol. The predicted octanol–water partition coefficient (Wildman–Crippen LogP) is 2.66. The summed E-state index contributed by atoms with van der Waals surface area (Å²) in [5.74, 6) is 0.277. The molecule has 0 bridgehead atoms. The highest BCUT2D eigenvalue weighted by molar-refractivity contribution is 7.89. The van der Waals surface area contributed by atoms with Gasteiger partial charge in [0.25, 0.3) is 0 Å². The molecule has 1 saturated heterocycles. The second-order valence-electron chi connectivity index (χ2n) is 8.53. The molecule has 1 saturated carbocycles. The molecule has 2 aromatic rings. The second kappa shape index (κ2) is 6.40. The van der Waals surface area contributed by atoms with Gasteiger partial charge in [0.2, 0.25) is 10.0 Å². The zero-order valence-corrected chi connectivity index (χ0v) is 17.0. The van der Waals surface area contributed by atoms with E-state index in [4.69, 9.17) is 0 Å². The highest BCUT2D eigenvalue weighted by atomic mass is 32.2. The van der Waals surface area contributed by atoms with Crippen LogP contribution in [0.15, 0.2) is 36.8 Å². The summed E-state index contributed by atoms with van der Waals surface area (Å²) in [4.78, 5) is 4.35. The molecular weight excluding hydrogens is 374 g/mol. The van der Waals surface area contributed by atoms with Crippen molar-refractivity contribution in [2.75, 3.05) is 18.8 Å². The number of fused-ring (bicyclic) bond motifs is 3. The second-order valence-corrected chi connectivity index (χ2v) is 10.8. The highest BCUT2D eigenvalue weighted by Gasteiger charge is 2.53. The van der Waals surface area contributed by atoms with Gasteiger partial charge in [-0.15, -0.1) is 0 Å². The van der Waals surface area contributed by atoms with Crippen LogP contribution in [0.2, 0.25) is 0 Å². The molecule has 3 heterocycles. The van der Waals surface area contributed by atoms with Gasteiger partial charge >= 0.3 is 0 Å². The van der Waals surface area contributed by atoms with Gasteiger partial charge in [-0.2, -0.15) is 0 Å². The van der Waals surface area contributed by atoms with E-state index in [1.807, 2.05) is 12.5 Å². The van der Waals surface area contributed by atoms with Gasteiger partial charge in [-0.3, -0.25) is 0 Å². The molecule has 1 spiro atoms. The fourth-order valence-electron chi connectivity index (χ4n) is 5.79. The number of sulfonamides is 1. The van der Waals surface area contributed by atoms with Crippen LogP contribution in [-0.2, 0) is 10.0 Å². The Balaban J connectivity index is 1.42. The summed E-state index contributed by atoms with van der Waals surface area (Å²) in [6.07, 6.45) is 6.77. The van der Waals surface area contributed by atoms with Gasteiger partial charge in [0.1, 0.15) is 0 Å². The van der Waals surface area contributed by atoms with Gasteiger partial charge in [-0.05, 0) is 43.6 Å². The SMILES string of the molecule is CCS(=O)(=O)N1CCC2(CC[C@@H]([C@@H]3c4ccccc4-c4cncn43)[C@H]2O)CC1. The average molecular weight is 402 g/mol. The Morgan fingerprint density at radius 3 is 2.71 bits per heavy atom. The first-order valence-corrected chi connectivity index (χ1v) is 11.8. The third-order valence-corrected chi connectivity index (χ3v) is 9.29. The average Bonchev–Trinajstić information content (AvgIpc) is 3.38. The molecule has 3 atom stereocenters. The quantitative estimate of drug-likeness (QED) is 0.858. The number of hydrogen-bond donors (Lipinski definition) is 1. The Morgan fingerprint density at radius 1 is 1.21 bits per heavy atom. The Hall–Kier alpha value is -1.70. The van der Waals surface area contributed by atoms with E-state index in [-0.39, 0.29) is 23.1 Å². The summed E-state index contributed by atoms with van der Waals surface area (Å²) in [5, 5.41) is 11.5. The minimum absolute atomic E-state index is 0.112. The van der Waals surface area contributed by atoms with E-state index >= 15 is 0 Å². The van der Waals surface area contributed by atoms with E-state index in [9.17, 15) is 13.5 Å². The number of hydrogen-bond acceptors (Lipinski definition) is 4. The summed E-state index contributed by atoms with van der Waals surface area (Å²) in [6.45, 7) is 2.75. The molecule has 1 N–H and O–H groups in total. The smallest absolute Gasteiger partial charge is 0.213 e. The van der Waals surface area contributed by atoms with Crippen LogP contribution in [0.4, 0.5) is 0 Å². The summed E-state index contributed by atoms with van der Waals surface area (Å²) in [5.41, 5.74) is 3.44. The van der Waals surface area contributed by atoms with Crippen molar-refractivity contribution in [1.82, 2.24) is 13.9 Å². The van der Waals surface area contributed by atoms with E-state index in [0.29, 0.717) is 13.1 Å². The fourth-order valence-corrected chi connectivity index (χ4v) is 6.90. The van der Waals surface area contributed by atoms with Crippen LogP contribution in [0.25, 0.3) is 11.3 Å². The lowest BCUT2D eigenvalue weighted by Crippen LogP contribution is -2.47. The molecule has 7 heteroatoms. The molecule has 0 amide bonds. The van der Waals surface area contributed by atoms with Crippen LogP contribution in [0, 0.1) is 11.3 Å². The maximum atomic E-state index is 12.2. The molecule has 0 unspecified atom stereocenters. The van der Waals surface area contributed by atoms with Crippen LogP contribution >= 0.6 is 0 Å². The molecule has 1 aromatic heterocycles. The van der Waals surface area contributed by atoms with Crippen molar-refractivity contribution in [1.29, 1.82) is 0 Å². The lowest BCUT2D eigenvalue weighted by molar-refractivity contribution is -0.0145. The maximum absolute atomic E-state index is 12.2. The van der Waals surface area contributed by atoms with E-state index in [1.165, 1.54) is 11.1 Å².